The number of aromatic nitrogens is 1. The fourth-order valence-electron chi connectivity index (χ4n) is 6.80. The molecule has 2 aliphatic rings. The molecule has 0 amide bonds. The van der Waals surface area contributed by atoms with Crippen LogP contribution in [0.15, 0.2) is 41.3 Å². The molecule has 0 bridgehead atoms. The van der Waals surface area contributed by atoms with Gasteiger partial charge >= 0.3 is 5.97 Å². The van der Waals surface area contributed by atoms with E-state index in [4.69, 9.17) is 14.5 Å². The molecule has 1 heterocycles. The van der Waals surface area contributed by atoms with E-state index in [1.165, 1.54) is 38.5 Å². The predicted molar refractivity (Wildman–Crippen MR) is 178 cm³/mol. The molecule has 232 valence electrons. The molecule has 0 spiro atoms. The predicted octanol–water partition coefficient (Wildman–Crippen LogP) is 10.3. The van der Waals surface area contributed by atoms with E-state index >= 15 is 0 Å². The molecule has 7 heteroatoms. The van der Waals surface area contributed by atoms with Gasteiger partial charge in [-0.3, -0.25) is 9.59 Å². The van der Waals surface area contributed by atoms with Crippen molar-refractivity contribution in [1.29, 1.82) is 0 Å². The summed E-state index contributed by atoms with van der Waals surface area (Å²) in [4.78, 5) is 31.8. The number of aldehydes is 1. The van der Waals surface area contributed by atoms with Crippen molar-refractivity contribution >= 4 is 45.6 Å². The number of thioether (sulfide) groups is 1. The number of hydrogen-bond acceptors (Lipinski definition) is 7. The molecule has 2 aromatic carbocycles. The average molecular weight is 622 g/mol. The molecule has 3 aromatic rings. The molecular weight excluding hydrogens is 575 g/mol. The quantitative estimate of drug-likeness (QED) is 0.0819. The van der Waals surface area contributed by atoms with Gasteiger partial charge in [0.05, 0.1) is 26.6 Å². The number of carbonyl (C=O) groups is 2. The minimum absolute atomic E-state index is 0.0732. The Kier molecular flexibility index (Phi) is 11.2. The summed E-state index contributed by atoms with van der Waals surface area (Å²) < 4.78 is 14.0. The number of benzene rings is 2. The summed E-state index contributed by atoms with van der Waals surface area (Å²) in [5.74, 6) is 2.37. The van der Waals surface area contributed by atoms with Crippen LogP contribution in [0.2, 0.25) is 0 Å². The molecule has 43 heavy (non-hydrogen) atoms. The second-order valence-electron chi connectivity index (χ2n) is 12.6. The first kappa shape index (κ1) is 32.0. The molecule has 2 fully saturated rings. The van der Waals surface area contributed by atoms with E-state index in [2.05, 4.69) is 19.9 Å². The Morgan fingerprint density at radius 3 is 2.28 bits per heavy atom. The van der Waals surface area contributed by atoms with E-state index in [1.807, 2.05) is 36.6 Å². The van der Waals surface area contributed by atoms with Crippen LogP contribution < -0.4 is 9.47 Å². The fourth-order valence-corrected chi connectivity index (χ4v) is 8.31. The first-order valence-electron chi connectivity index (χ1n) is 16.4. The Bertz CT molecular complexity index is 1340. The Balaban J connectivity index is 1.42. The van der Waals surface area contributed by atoms with Crippen LogP contribution >= 0.6 is 23.1 Å². The van der Waals surface area contributed by atoms with Crippen molar-refractivity contribution in [2.24, 2.45) is 17.8 Å². The maximum Gasteiger partial charge on any atom is 0.314 e. The number of hydrogen-bond donors (Lipinski definition) is 0. The van der Waals surface area contributed by atoms with Crippen molar-refractivity contribution in [2.75, 3.05) is 6.26 Å². The van der Waals surface area contributed by atoms with Crippen LogP contribution in [0.25, 0.3) is 20.8 Å². The van der Waals surface area contributed by atoms with E-state index in [9.17, 15) is 9.59 Å². The number of para-hydroxylation sites is 1. The highest BCUT2D eigenvalue weighted by atomic mass is 32.2. The number of nitrogens with zero attached hydrogens (tertiary/aromatic N) is 1. The number of ether oxygens (including phenoxy) is 2. The molecule has 1 aromatic heterocycles. The first-order chi connectivity index (χ1) is 21.0. The molecular formula is C36H47NO4S2. The Labute approximate surface area is 265 Å². The van der Waals surface area contributed by atoms with Crippen molar-refractivity contribution < 1.29 is 19.1 Å². The highest BCUT2D eigenvalue weighted by Gasteiger charge is 2.38. The molecule has 0 unspecified atom stereocenters. The van der Waals surface area contributed by atoms with Gasteiger partial charge in [0.25, 0.3) is 0 Å². The van der Waals surface area contributed by atoms with Crippen LogP contribution in [0.1, 0.15) is 104 Å². The van der Waals surface area contributed by atoms with Gasteiger partial charge in [-0.25, -0.2) is 4.98 Å². The molecule has 5 nitrogen and oxygen atoms in total. The zero-order chi connectivity index (χ0) is 30.2. The number of unbranched alkanes of at least 4 members (excludes halogenated alkanes) is 2. The Morgan fingerprint density at radius 2 is 1.65 bits per heavy atom. The normalized spacial score (nSPS) is 24.1. The molecule has 2 aliphatic carbocycles. The van der Waals surface area contributed by atoms with Crippen molar-refractivity contribution in [2.45, 2.75) is 114 Å². The summed E-state index contributed by atoms with van der Waals surface area (Å²) in [6.07, 6.45) is 17.9. The lowest BCUT2D eigenvalue weighted by atomic mass is 9.77. The van der Waals surface area contributed by atoms with Gasteiger partial charge in [0.15, 0.2) is 11.9 Å². The smallest absolute Gasteiger partial charge is 0.314 e. The van der Waals surface area contributed by atoms with Gasteiger partial charge in [-0.2, -0.15) is 0 Å². The lowest BCUT2D eigenvalue weighted by molar-refractivity contribution is -0.140. The van der Waals surface area contributed by atoms with Crippen molar-refractivity contribution in [3.05, 3.63) is 36.4 Å². The van der Waals surface area contributed by atoms with E-state index in [-0.39, 0.29) is 11.9 Å². The van der Waals surface area contributed by atoms with E-state index < -0.39 is 5.60 Å². The van der Waals surface area contributed by atoms with Crippen LogP contribution in [0, 0.1) is 17.8 Å². The molecule has 0 atom stereocenters. The maximum atomic E-state index is 13.5. The summed E-state index contributed by atoms with van der Waals surface area (Å²) in [6, 6.07) is 12.0. The molecule has 0 aliphatic heterocycles. The lowest BCUT2D eigenvalue weighted by Gasteiger charge is -2.37. The summed E-state index contributed by atoms with van der Waals surface area (Å²) in [5, 5.41) is 0.785. The second kappa shape index (κ2) is 15.1. The first-order valence-corrected chi connectivity index (χ1v) is 18.5. The fraction of sp³-hybridized carbons (Fsp3) is 0.583. The monoisotopic (exact) mass is 621 g/mol. The van der Waals surface area contributed by atoms with Gasteiger partial charge in [-0.15, -0.1) is 23.1 Å². The average Bonchev–Trinajstić information content (AvgIpc) is 3.48. The van der Waals surface area contributed by atoms with Crippen molar-refractivity contribution in [1.82, 2.24) is 4.98 Å². The number of esters is 1. The minimum Gasteiger partial charge on any atom is -0.479 e. The van der Waals surface area contributed by atoms with Gasteiger partial charge in [0, 0.05) is 0 Å². The Hall–Kier alpha value is -2.38. The Morgan fingerprint density at radius 1 is 0.977 bits per heavy atom. The van der Waals surface area contributed by atoms with Gasteiger partial charge < -0.3 is 9.47 Å². The number of thiazole rings is 1. The standard InChI is InChI=1S/C36H47NO4S2/c1-4-6-10-25-14-16-27(17-15-25)35(39)40-30-23-33(42-3)31(22-28(30)34-37-29-12-8-9-13-32(29)43-34)41-36(24-38)20-18-26(19-21-36)11-7-5-2/h8-9,12-13,22-27H,4-7,10-11,14-21H2,1-3H3. The minimum atomic E-state index is -0.827. The lowest BCUT2D eigenvalue weighted by Crippen LogP contribution is -2.42. The maximum absolute atomic E-state index is 13.5. The number of rotatable bonds is 13. The number of carbonyl (C=O) groups excluding carboxylic acids is 2. The van der Waals surface area contributed by atoms with Crippen LogP contribution in [-0.4, -0.2) is 29.1 Å². The SMILES string of the molecule is CCCCC1CCC(C(=O)Oc2cc(SC)c(OC3(C=O)CCC(CCCC)CC3)cc2-c2nc3ccccc3s2)CC1. The zero-order valence-corrected chi connectivity index (χ0v) is 27.7. The number of fused-ring (bicyclic) bond motifs is 1. The van der Waals surface area contributed by atoms with Crippen molar-refractivity contribution in [3.8, 4) is 22.1 Å². The summed E-state index contributed by atoms with van der Waals surface area (Å²) in [6.45, 7) is 4.47. The molecule has 2 saturated carbocycles. The van der Waals surface area contributed by atoms with Crippen molar-refractivity contribution in [3.63, 3.8) is 0 Å². The van der Waals surface area contributed by atoms with Gasteiger partial charge in [0.1, 0.15) is 16.5 Å². The van der Waals surface area contributed by atoms with Crippen LogP contribution in [0.5, 0.6) is 11.5 Å². The molecule has 5 rings (SSSR count). The third kappa shape index (κ3) is 7.83. The molecule has 0 radical (unpaired) electrons. The third-order valence-corrected chi connectivity index (χ3v) is 11.4. The zero-order valence-electron chi connectivity index (χ0n) is 26.1. The highest BCUT2D eigenvalue weighted by Crippen LogP contribution is 2.46. The topological polar surface area (TPSA) is 65.5 Å². The third-order valence-electron chi connectivity index (χ3n) is 9.59. The van der Waals surface area contributed by atoms with Gasteiger partial charge in [-0.1, -0.05) is 64.5 Å². The molecule has 0 saturated heterocycles. The summed E-state index contributed by atoms with van der Waals surface area (Å²) in [7, 11) is 0. The van der Waals surface area contributed by atoms with Crippen LogP contribution in [0.3, 0.4) is 0 Å². The van der Waals surface area contributed by atoms with Gasteiger partial charge in [0.2, 0.25) is 0 Å². The van der Waals surface area contributed by atoms with Crippen LogP contribution in [0.4, 0.5) is 0 Å². The summed E-state index contributed by atoms with van der Waals surface area (Å²) >= 11 is 3.13. The molecule has 0 N–H and O–H groups in total. The van der Waals surface area contributed by atoms with E-state index in [0.717, 1.165) is 89.3 Å². The highest BCUT2D eigenvalue weighted by molar-refractivity contribution is 7.98. The second-order valence-corrected chi connectivity index (χ2v) is 14.5. The summed E-state index contributed by atoms with van der Waals surface area (Å²) in [5.41, 5.74) is 0.833. The van der Waals surface area contributed by atoms with Gasteiger partial charge in [-0.05, 0) is 93.7 Å². The van der Waals surface area contributed by atoms with E-state index in [1.54, 1.807) is 23.1 Å². The van der Waals surface area contributed by atoms with E-state index in [0.29, 0.717) is 17.4 Å². The largest absolute Gasteiger partial charge is 0.479 e. The van der Waals surface area contributed by atoms with Crippen LogP contribution in [-0.2, 0) is 9.59 Å².